The number of H-pyrrole nitrogens is 1. The first kappa shape index (κ1) is 13.2. The molecule has 6 heteroatoms. The van der Waals surface area contributed by atoms with E-state index in [9.17, 15) is 0 Å². The molecule has 0 bridgehead atoms. The van der Waals surface area contributed by atoms with Gasteiger partial charge in [-0.05, 0) is 66.9 Å². The van der Waals surface area contributed by atoms with Crippen LogP contribution in [0.25, 0.3) is 11.4 Å². The molecule has 0 atom stereocenters. The second-order valence-electron chi connectivity index (χ2n) is 3.94. The molecule has 0 amide bonds. The van der Waals surface area contributed by atoms with Crippen molar-refractivity contribution in [2.45, 2.75) is 19.9 Å². The highest BCUT2D eigenvalue weighted by Gasteiger charge is 2.14. The van der Waals surface area contributed by atoms with Crippen LogP contribution in [-0.4, -0.2) is 14.8 Å². The number of hydrogen-bond donors (Lipinski definition) is 1. The van der Waals surface area contributed by atoms with Crippen molar-refractivity contribution in [2.75, 3.05) is 0 Å². The van der Waals surface area contributed by atoms with Gasteiger partial charge in [0.25, 0.3) is 0 Å². The first-order valence-electron chi connectivity index (χ1n) is 5.13. The summed E-state index contributed by atoms with van der Waals surface area (Å²) in [5, 5.41) is 7.19. The van der Waals surface area contributed by atoms with Gasteiger partial charge in [0.05, 0.1) is 0 Å². The summed E-state index contributed by atoms with van der Waals surface area (Å²) < 4.78 is 4.88. The summed E-state index contributed by atoms with van der Waals surface area (Å²) in [6.07, 6.45) is 0. The molecule has 0 aliphatic rings. The summed E-state index contributed by atoms with van der Waals surface area (Å²) in [4.78, 5) is 0. The first-order chi connectivity index (χ1) is 8.00. The van der Waals surface area contributed by atoms with Crippen LogP contribution in [-0.2, 0) is 0 Å². The van der Waals surface area contributed by atoms with Crippen molar-refractivity contribution < 1.29 is 0 Å². The molecule has 90 valence electrons. The van der Waals surface area contributed by atoms with Crippen LogP contribution in [0.15, 0.2) is 22.7 Å². The number of nitrogens with one attached hydrogen (secondary N) is 1. The topological polar surface area (TPSA) is 33.6 Å². The Morgan fingerprint density at radius 3 is 2.82 bits per heavy atom. The third-order valence-electron chi connectivity index (χ3n) is 2.39. The van der Waals surface area contributed by atoms with Crippen LogP contribution < -0.4 is 0 Å². The lowest BCUT2D eigenvalue weighted by atomic mass is 10.2. The molecule has 2 aromatic rings. The summed E-state index contributed by atoms with van der Waals surface area (Å²) in [5.74, 6) is 0.885. The van der Waals surface area contributed by atoms with Crippen LogP contribution >= 0.6 is 50.7 Å². The number of aromatic amines is 1. The lowest BCUT2D eigenvalue weighted by Gasteiger charge is -2.11. The molecule has 0 fully saturated rings. The van der Waals surface area contributed by atoms with E-state index < -0.39 is 0 Å². The SMILES string of the molecule is CC(C)n1c(-c2cc(Br)ccc2I)n[nH]c1=S. The van der Waals surface area contributed by atoms with E-state index in [1.807, 2.05) is 10.6 Å². The average molecular weight is 424 g/mol. The third kappa shape index (κ3) is 2.63. The van der Waals surface area contributed by atoms with Crippen molar-refractivity contribution >= 4 is 50.7 Å². The Hall–Kier alpha value is -0.210. The molecule has 3 nitrogen and oxygen atoms in total. The largest absolute Gasteiger partial charge is 0.298 e. The minimum atomic E-state index is 0.283. The number of rotatable bonds is 2. The van der Waals surface area contributed by atoms with Crippen molar-refractivity contribution in [3.8, 4) is 11.4 Å². The molecule has 1 N–H and O–H groups in total. The van der Waals surface area contributed by atoms with Crippen LogP contribution in [0.4, 0.5) is 0 Å². The summed E-state index contributed by atoms with van der Waals surface area (Å²) in [7, 11) is 0. The molecule has 1 aromatic carbocycles. The van der Waals surface area contributed by atoms with E-state index in [2.05, 4.69) is 74.7 Å². The minimum Gasteiger partial charge on any atom is -0.298 e. The van der Waals surface area contributed by atoms with Gasteiger partial charge in [-0.2, -0.15) is 5.10 Å². The number of aromatic nitrogens is 3. The number of nitrogens with zero attached hydrogens (tertiary/aromatic N) is 2. The Labute approximate surface area is 127 Å². The van der Waals surface area contributed by atoms with E-state index >= 15 is 0 Å². The maximum absolute atomic E-state index is 5.26. The smallest absolute Gasteiger partial charge is 0.195 e. The van der Waals surface area contributed by atoms with E-state index in [-0.39, 0.29) is 6.04 Å². The van der Waals surface area contributed by atoms with E-state index in [0.717, 1.165) is 19.4 Å². The molecular formula is C11H11BrIN3S. The van der Waals surface area contributed by atoms with Gasteiger partial charge in [0, 0.05) is 19.6 Å². The molecule has 1 aromatic heterocycles. The van der Waals surface area contributed by atoms with Gasteiger partial charge in [0.1, 0.15) is 0 Å². The molecule has 0 spiro atoms. The lowest BCUT2D eigenvalue weighted by Crippen LogP contribution is -2.04. The van der Waals surface area contributed by atoms with Crippen LogP contribution in [0, 0.1) is 8.34 Å². The third-order valence-corrected chi connectivity index (χ3v) is 4.11. The average Bonchev–Trinajstić information content (AvgIpc) is 2.64. The zero-order chi connectivity index (χ0) is 12.6. The lowest BCUT2D eigenvalue weighted by molar-refractivity contribution is 0.597. The van der Waals surface area contributed by atoms with Crippen LogP contribution in [0.3, 0.4) is 0 Å². The molecule has 0 radical (unpaired) electrons. The fraction of sp³-hybridized carbons (Fsp3) is 0.273. The van der Waals surface area contributed by atoms with E-state index in [0.29, 0.717) is 4.77 Å². The van der Waals surface area contributed by atoms with Gasteiger partial charge in [-0.1, -0.05) is 15.9 Å². The Morgan fingerprint density at radius 2 is 2.18 bits per heavy atom. The molecule has 0 aliphatic heterocycles. The molecule has 2 rings (SSSR count). The minimum absolute atomic E-state index is 0.283. The second-order valence-corrected chi connectivity index (χ2v) is 6.40. The van der Waals surface area contributed by atoms with Crippen LogP contribution in [0.5, 0.6) is 0 Å². The summed E-state index contributed by atoms with van der Waals surface area (Å²) in [6, 6.07) is 6.42. The monoisotopic (exact) mass is 423 g/mol. The molecular weight excluding hydrogens is 413 g/mol. The van der Waals surface area contributed by atoms with Gasteiger partial charge in [-0.3, -0.25) is 9.67 Å². The van der Waals surface area contributed by atoms with E-state index in [1.165, 1.54) is 0 Å². The highest BCUT2D eigenvalue weighted by Crippen LogP contribution is 2.28. The Balaban J connectivity index is 2.69. The first-order valence-corrected chi connectivity index (χ1v) is 7.41. The standard InChI is InChI=1S/C11H11BrIN3S/c1-6(2)16-10(14-15-11(16)17)8-5-7(12)3-4-9(8)13/h3-6H,1-2H3,(H,15,17). The van der Waals surface area contributed by atoms with Gasteiger partial charge in [0.15, 0.2) is 10.6 Å². The predicted octanol–water partition coefficient (Wildman–Crippen LogP) is 4.56. The maximum Gasteiger partial charge on any atom is 0.195 e. The molecule has 0 saturated heterocycles. The normalized spacial score (nSPS) is 11.1. The fourth-order valence-electron chi connectivity index (χ4n) is 1.64. The molecule has 17 heavy (non-hydrogen) atoms. The Bertz CT molecular complexity index is 603. The van der Waals surface area contributed by atoms with Gasteiger partial charge >= 0.3 is 0 Å². The van der Waals surface area contributed by atoms with Crippen molar-refractivity contribution in [3.63, 3.8) is 0 Å². The highest BCUT2D eigenvalue weighted by atomic mass is 127. The van der Waals surface area contributed by atoms with Crippen LogP contribution in [0.2, 0.25) is 0 Å². The van der Waals surface area contributed by atoms with Gasteiger partial charge in [0.2, 0.25) is 0 Å². The number of hydrogen-bond acceptors (Lipinski definition) is 2. The van der Waals surface area contributed by atoms with Crippen molar-refractivity contribution in [3.05, 3.63) is 31.0 Å². The van der Waals surface area contributed by atoms with Crippen molar-refractivity contribution in [2.24, 2.45) is 0 Å². The molecule has 0 aliphatic carbocycles. The molecule has 0 unspecified atom stereocenters. The maximum atomic E-state index is 5.26. The van der Waals surface area contributed by atoms with Crippen molar-refractivity contribution in [1.29, 1.82) is 0 Å². The fourth-order valence-corrected chi connectivity index (χ4v) is 2.92. The van der Waals surface area contributed by atoms with E-state index in [4.69, 9.17) is 12.2 Å². The second kappa shape index (κ2) is 5.19. The van der Waals surface area contributed by atoms with Gasteiger partial charge < -0.3 is 0 Å². The molecule has 1 heterocycles. The summed E-state index contributed by atoms with van der Waals surface area (Å²) in [6.45, 7) is 4.19. The van der Waals surface area contributed by atoms with Crippen molar-refractivity contribution in [1.82, 2.24) is 14.8 Å². The van der Waals surface area contributed by atoms with Gasteiger partial charge in [-0.15, -0.1) is 0 Å². The Kier molecular flexibility index (Phi) is 4.04. The summed E-state index contributed by atoms with van der Waals surface area (Å²) in [5.41, 5.74) is 1.08. The number of benzene rings is 1. The zero-order valence-electron chi connectivity index (χ0n) is 9.37. The van der Waals surface area contributed by atoms with Gasteiger partial charge in [-0.25, -0.2) is 0 Å². The highest BCUT2D eigenvalue weighted by molar-refractivity contribution is 14.1. The molecule has 0 saturated carbocycles. The van der Waals surface area contributed by atoms with E-state index in [1.54, 1.807) is 0 Å². The predicted molar refractivity (Wildman–Crippen MR) is 83.6 cm³/mol. The quantitative estimate of drug-likeness (QED) is 0.567. The number of halogens is 2. The summed E-state index contributed by atoms with van der Waals surface area (Å²) >= 11 is 11.0. The zero-order valence-corrected chi connectivity index (χ0v) is 13.9. The Morgan fingerprint density at radius 1 is 1.47 bits per heavy atom. The van der Waals surface area contributed by atoms with Crippen LogP contribution in [0.1, 0.15) is 19.9 Å².